The fraction of sp³-hybridized carbons (Fsp3) is 0.211. The predicted octanol–water partition coefficient (Wildman–Crippen LogP) is 2.67. The van der Waals surface area contributed by atoms with E-state index in [2.05, 4.69) is 15.3 Å². The van der Waals surface area contributed by atoms with Crippen molar-refractivity contribution in [1.82, 2.24) is 9.97 Å². The summed E-state index contributed by atoms with van der Waals surface area (Å²) in [6, 6.07) is 7.15. The first-order valence-corrected chi connectivity index (χ1v) is 8.25. The predicted molar refractivity (Wildman–Crippen MR) is 96.9 cm³/mol. The number of pyridine rings is 2. The molecule has 2 atom stereocenters. The smallest absolute Gasteiger partial charge is 0.231 e. The normalized spacial score (nSPS) is 18.7. The molecule has 0 radical (unpaired) electrons. The number of nitrogens with zero attached hydrogens (tertiary/aromatic N) is 2. The summed E-state index contributed by atoms with van der Waals surface area (Å²) in [5, 5.41) is 13.7. The van der Waals surface area contributed by atoms with Crippen LogP contribution in [0.1, 0.15) is 12.0 Å². The molecule has 1 amide bonds. The lowest BCUT2D eigenvalue weighted by Crippen LogP contribution is -2.15. The van der Waals surface area contributed by atoms with Crippen molar-refractivity contribution in [3.8, 4) is 11.1 Å². The van der Waals surface area contributed by atoms with Gasteiger partial charge in [0.25, 0.3) is 0 Å². The van der Waals surface area contributed by atoms with Gasteiger partial charge in [-0.05, 0) is 47.2 Å². The molecule has 1 aliphatic rings. The van der Waals surface area contributed by atoms with Gasteiger partial charge in [-0.2, -0.15) is 0 Å². The van der Waals surface area contributed by atoms with Crippen molar-refractivity contribution in [2.24, 2.45) is 5.92 Å². The lowest BCUT2D eigenvalue weighted by Gasteiger charge is -2.11. The van der Waals surface area contributed by atoms with Gasteiger partial charge in [0, 0.05) is 35.2 Å². The third-order valence-electron chi connectivity index (χ3n) is 4.56. The molecule has 0 spiro atoms. The highest BCUT2D eigenvalue weighted by Crippen LogP contribution is 2.35. The van der Waals surface area contributed by atoms with E-state index in [9.17, 15) is 14.3 Å². The Morgan fingerprint density at radius 3 is 2.88 bits per heavy atom. The van der Waals surface area contributed by atoms with Gasteiger partial charge in [-0.1, -0.05) is 0 Å². The number of benzene rings is 1. The van der Waals surface area contributed by atoms with E-state index in [0.717, 1.165) is 27.5 Å². The van der Waals surface area contributed by atoms with Gasteiger partial charge < -0.3 is 16.2 Å². The zero-order valence-electron chi connectivity index (χ0n) is 13.8. The first-order valence-electron chi connectivity index (χ1n) is 8.25. The van der Waals surface area contributed by atoms with E-state index in [0.29, 0.717) is 11.5 Å². The number of aliphatic hydroxyl groups excluding tert-OH is 1. The number of hydrogen-bond acceptors (Lipinski definition) is 5. The summed E-state index contributed by atoms with van der Waals surface area (Å²) in [4.78, 5) is 20.2. The molecule has 0 aliphatic heterocycles. The number of amides is 1. The van der Waals surface area contributed by atoms with Crippen LogP contribution in [0.5, 0.6) is 0 Å². The van der Waals surface area contributed by atoms with Crippen molar-refractivity contribution in [2.75, 3.05) is 11.1 Å². The Bertz CT molecular complexity index is 1010. The molecule has 1 aliphatic carbocycles. The molecule has 4 rings (SSSR count). The molecule has 132 valence electrons. The molecule has 1 fully saturated rings. The number of halogens is 1. The van der Waals surface area contributed by atoms with Crippen molar-refractivity contribution >= 4 is 28.2 Å². The van der Waals surface area contributed by atoms with E-state index in [4.69, 9.17) is 5.73 Å². The second-order valence-electron chi connectivity index (χ2n) is 6.39. The maximum absolute atomic E-state index is 13.0. The number of carbonyl (C=O) groups excluding carboxylic acids is 1. The highest BCUT2D eigenvalue weighted by molar-refractivity contribution is 6.00. The van der Waals surface area contributed by atoms with Gasteiger partial charge >= 0.3 is 0 Å². The van der Waals surface area contributed by atoms with Crippen molar-refractivity contribution in [3.05, 3.63) is 48.4 Å². The van der Waals surface area contributed by atoms with Gasteiger partial charge in [-0.3, -0.25) is 9.78 Å². The number of alkyl halides is 1. The fourth-order valence-electron chi connectivity index (χ4n) is 2.99. The van der Waals surface area contributed by atoms with Crippen molar-refractivity contribution in [3.63, 3.8) is 0 Å². The molecule has 7 heteroatoms. The fourth-order valence-corrected chi connectivity index (χ4v) is 2.99. The maximum Gasteiger partial charge on any atom is 0.231 e. The van der Waals surface area contributed by atoms with Crippen LogP contribution in [0, 0.1) is 5.92 Å². The molecule has 2 heterocycles. The Kier molecular flexibility index (Phi) is 4.00. The zero-order chi connectivity index (χ0) is 18.3. The second kappa shape index (κ2) is 6.34. The molecule has 4 N–H and O–H groups in total. The van der Waals surface area contributed by atoms with Gasteiger partial charge in [0.1, 0.15) is 12.0 Å². The Morgan fingerprint density at radius 2 is 2.15 bits per heavy atom. The van der Waals surface area contributed by atoms with Gasteiger partial charge in [0.05, 0.1) is 12.5 Å². The van der Waals surface area contributed by atoms with E-state index >= 15 is 0 Å². The lowest BCUT2D eigenvalue weighted by molar-refractivity contribution is -0.117. The van der Waals surface area contributed by atoms with Gasteiger partial charge in [0.15, 0.2) is 0 Å². The Balaban J connectivity index is 1.73. The summed E-state index contributed by atoms with van der Waals surface area (Å²) in [6.45, 7) is -0.112. The number of nitrogens with one attached hydrogen (secondary N) is 1. The van der Waals surface area contributed by atoms with Crippen LogP contribution >= 0.6 is 0 Å². The number of fused-ring (bicyclic) bond motifs is 1. The average molecular weight is 352 g/mol. The van der Waals surface area contributed by atoms with Gasteiger partial charge in [0.2, 0.25) is 5.91 Å². The number of aliphatic hydroxyl groups is 1. The van der Waals surface area contributed by atoms with E-state index in [1.807, 2.05) is 6.07 Å². The van der Waals surface area contributed by atoms with Crippen LogP contribution in [0.25, 0.3) is 21.9 Å². The standard InChI is InChI=1S/C19H17FN4O2/c20-16-6-13(16)19(26)24-18-5-12-3-11(4-17(21)15(12)8-23-18)14-7-22-2-1-10(14)9-25/h1-5,7-8,13,16,25H,6,9,21H2,(H,23,24,26)/t13-,16+/m0/s1. The number of nitrogens with two attached hydrogens (primary N) is 1. The number of aromatic nitrogens is 2. The summed E-state index contributed by atoms with van der Waals surface area (Å²) in [7, 11) is 0. The maximum atomic E-state index is 13.0. The first-order chi connectivity index (χ1) is 12.6. The summed E-state index contributed by atoms with van der Waals surface area (Å²) in [5.74, 6) is -0.582. The monoisotopic (exact) mass is 352 g/mol. The molecule has 0 saturated heterocycles. The van der Waals surface area contributed by atoms with Crippen molar-refractivity contribution < 1.29 is 14.3 Å². The van der Waals surface area contributed by atoms with Crippen LogP contribution in [0.15, 0.2) is 42.9 Å². The SMILES string of the molecule is Nc1cc(-c2cnccc2CO)cc2cc(NC(=O)[C@H]3C[C@H]3F)ncc12. The molecule has 26 heavy (non-hydrogen) atoms. The summed E-state index contributed by atoms with van der Waals surface area (Å²) in [5.41, 5.74) is 9.01. The van der Waals surface area contributed by atoms with Crippen LogP contribution in [0.4, 0.5) is 15.9 Å². The third kappa shape index (κ3) is 2.97. The summed E-state index contributed by atoms with van der Waals surface area (Å²) >= 11 is 0. The molecular weight excluding hydrogens is 335 g/mol. The number of hydrogen-bond donors (Lipinski definition) is 3. The summed E-state index contributed by atoms with van der Waals surface area (Å²) < 4.78 is 13.0. The Labute approximate surface area is 148 Å². The molecule has 0 bridgehead atoms. The highest BCUT2D eigenvalue weighted by Gasteiger charge is 2.43. The number of anilines is 2. The van der Waals surface area contributed by atoms with Crippen LogP contribution in [0.2, 0.25) is 0 Å². The first kappa shape index (κ1) is 16.4. The largest absolute Gasteiger partial charge is 0.398 e. The van der Waals surface area contributed by atoms with Crippen LogP contribution < -0.4 is 11.1 Å². The number of nitrogen functional groups attached to an aromatic ring is 1. The highest BCUT2D eigenvalue weighted by atomic mass is 19.1. The average Bonchev–Trinajstić information content (AvgIpc) is 3.38. The molecule has 1 aromatic carbocycles. The Hall–Kier alpha value is -3.06. The lowest BCUT2D eigenvalue weighted by atomic mass is 9.98. The number of rotatable bonds is 4. The minimum atomic E-state index is -1.06. The zero-order valence-corrected chi connectivity index (χ0v) is 13.8. The molecule has 6 nitrogen and oxygen atoms in total. The molecule has 3 aromatic rings. The van der Waals surface area contributed by atoms with Crippen LogP contribution in [-0.4, -0.2) is 27.2 Å². The second-order valence-corrected chi connectivity index (χ2v) is 6.39. The summed E-state index contributed by atoms with van der Waals surface area (Å²) in [6.07, 6.45) is 4.08. The molecule has 1 saturated carbocycles. The van der Waals surface area contributed by atoms with Crippen molar-refractivity contribution in [1.29, 1.82) is 0 Å². The number of carbonyl (C=O) groups is 1. The Morgan fingerprint density at radius 1 is 1.35 bits per heavy atom. The van der Waals surface area contributed by atoms with Crippen LogP contribution in [-0.2, 0) is 11.4 Å². The van der Waals surface area contributed by atoms with E-state index < -0.39 is 12.1 Å². The topological polar surface area (TPSA) is 101 Å². The van der Waals surface area contributed by atoms with E-state index in [1.54, 1.807) is 36.8 Å². The third-order valence-corrected chi connectivity index (χ3v) is 4.56. The minimum absolute atomic E-state index is 0.112. The van der Waals surface area contributed by atoms with Gasteiger partial charge in [-0.25, -0.2) is 9.37 Å². The quantitative estimate of drug-likeness (QED) is 0.627. The van der Waals surface area contributed by atoms with Gasteiger partial charge in [-0.15, -0.1) is 0 Å². The van der Waals surface area contributed by atoms with E-state index in [-0.39, 0.29) is 18.9 Å². The van der Waals surface area contributed by atoms with E-state index in [1.165, 1.54) is 0 Å². The van der Waals surface area contributed by atoms with Crippen LogP contribution in [0.3, 0.4) is 0 Å². The molecule has 0 unspecified atom stereocenters. The minimum Gasteiger partial charge on any atom is -0.398 e. The molecule has 2 aromatic heterocycles. The van der Waals surface area contributed by atoms with Crippen molar-refractivity contribution in [2.45, 2.75) is 19.2 Å². The molecular formula is C19H17FN4O2.